The Hall–Kier alpha value is -0.570. The zero-order valence-electron chi connectivity index (χ0n) is 12.6. The van der Waals surface area contributed by atoms with Gasteiger partial charge in [-0.15, -0.1) is 0 Å². The molecule has 1 aromatic carbocycles. The van der Waals surface area contributed by atoms with Crippen LogP contribution < -0.4 is 5.32 Å². The van der Waals surface area contributed by atoms with Crippen LogP contribution in [0.3, 0.4) is 0 Å². The Morgan fingerprint density at radius 2 is 1.80 bits per heavy atom. The van der Waals surface area contributed by atoms with Gasteiger partial charge in [-0.1, -0.05) is 36.6 Å². The molecule has 1 N–H and O–H groups in total. The number of nitrogens with one attached hydrogen (secondary N) is 1. The van der Waals surface area contributed by atoms with Crippen molar-refractivity contribution < 1.29 is 0 Å². The molecule has 0 saturated heterocycles. The Morgan fingerprint density at radius 3 is 2.50 bits per heavy atom. The molecule has 1 saturated carbocycles. The summed E-state index contributed by atoms with van der Waals surface area (Å²) in [7, 11) is 2.20. The van der Waals surface area contributed by atoms with Crippen LogP contribution in [-0.4, -0.2) is 31.1 Å². The molecule has 0 aromatic heterocycles. The molecule has 0 atom stereocenters. The van der Waals surface area contributed by atoms with E-state index in [0.717, 1.165) is 17.6 Å². The highest BCUT2D eigenvalue weighted by Crippen LogP contribution is 2.18. The third kappa shape index (κ3) is 6.74. The van der Waals surface area contributed by atoms with Crippen molar-refractivity contribution in [1.29, 1.82) is 0 Å². The molecule has 0 spiro atoms. The lowest BCUT2D eigenvalue weighted by Gasteiger charge is -2.16. The third-order valence-electron chi connectivity index (χ3n) is 3.84. The molecule has 0 bridgehead atoms. The first-order valence-corrected chi connectivity index (χ1v) is 8.28. The molecule has 2 nitrogen and oxygen atoms in total. The van der Waals surface area contributed by atoms with Gasteiger partial charge in [0, 0.05) is 17.6 Å². The van der Waals surface area contributed by atoms with Gasteiger partial charge in [0.25, 0.3) is 0 Å². The first kappa shape index (κ1) is 15.8. The lowest BCUT2D eigenvalue weighted by molar-refractivity contribution is 0.316. The highest BCUT2D eigenvalue weighted by Gasteiger charge is 2.19. The number of rotatable bonds is 10. The number of halogens is 1. The van der Waals surface area contributed by atoms with E-state index in [1.807, 2.05) is 12.1 Å². The average molecular weight is 295 g/mol. The SMILES string of the molecule is CN(CCCCCCNC1CC1)Cc1ccc(Cl)cc1. The average Bonchev–Trinajstić information content (AvgIpc) is 3.24. The van der Waals surface area contributed by atoms with Crippen molar-refractivity contribution in [3.8, 4) is 0 Å². The first-order valence-electron chi connectivity index (χ1n) is 7.90. The summed E-state index contributed by atoms with van der Waals surface area (Å²) in [5, 5.41) is 4.39. The molecule has 0 heterocycles. The van der Waals surface area contributed by atoms with Gasteiger partial charge in [0.05, 0.1) is 0 Å². The zero-order valence-corrected chi connectivity index (χ0v) is 13.3. The second kappa shape index (κ2) is 8.66. The first-order chi connectivity index (χ1) is 9.74. The van der Waals surface area contributed by atoms with Crippen molar-refractivity contribution >= 4 is 11.6 Å². The standard InChI is InChI=1S/C17H27ClN2/c1-20(14-15-6-8-16(18)9-7-15)13-5-3-2-4-12-19-17-10-11-17/h6-9,17,19H,2-5,10-14H2,1H3. The molecule has 20 heavy (non-hydrogen) atoms. The molecule has 0 amide bonds. The molecule has 1 aromatic rings. The molecule has 1 fully saturated rings. The molecule has 0 radical (unpaired) electrons. The van der Waals surface area contributed by atoms with E-state index in [4.69, 9.17) is 11.6 Å². The second-order valence-electron chi connectivity index (χ2n) is 6.01. The predicted octanol–water partition coefficient (Wildman–Crippen LogP) is 4.08. The predicted molar refractivity (Wildman–Crippen MR) is 87.3 cm³/mol. The quantitative estimate of drug-likeness (QED) is 0.654. The van der Waals surface area contributed by atoms with E-state index in [9.17, 15) is 0 Å². The lowest BCUT2D eigenvalue weighted by Crippen LogP contribution is -2.19. The summed E-state index contributed by atoms with van der Waals surface area (Å²) >= 11 is 5.90. The van der Waals surface area contributed by atoms with E-state index in [2.05, 4.69) is 29.4 Å². The van der Waals surface area contributed by atoms with Gasteiger partial charge < -0.3 is 10.2 Å². The number of nitrogens with zero attached hydrogens (tertiary/aromatic N) is 1. The van der Waals surface area contributed by atoms with E-state index in [0.29, 0.717) is 0 Å². The van der Waals surface area contributed by atoms with E-state index >= 15 is 0 Å². The Balaban J connectivity index is 1.46. The monoisotopic (exact) mass is 294 g/mol. The fourth-order valence-electron chi connectivity index (χ4n) is 2.43. The molecule has 3 heteroatoms. The van der Waals surface area contributed by atoms with Crippen LogP contribution in [0, 0.1) is 0 Å². The van der Waals surface area contributed by atoms with Crippen molar-refractivity contribution in [2.45, 2.75) is 51.1 Å². The number of hydrogen-bond donors (Lipinski definition) is 1. The van der Waals surface area contributed by atoms with E-state index in [-0.39, 0.29) is 0 Å². The lowest BCUT2D eigenvalue weighted by atomic mass is 10.1. The summed E-state index contributed by atoms with van der Waals surface area (Å²) in [6.07, 6.45) is 8.13. The van der Waals surface area contributed by atoms with Crippen molar-refractivity contribution in [1.82, 2.24) is 10.2 Å². The van der Waals surface area contributed by atoms with Crippen molar-refractivity contribution in [3.63, 3.8) is 0 Å². The van der Waals surface area contributed by atoms with Crippen LogP contribution in [0.2, 0.25) is 5.02 Å². The Labute approximate surface area is 128 Å². The molecular formula is C17H27ClN2. The summed E-state index contributed by atoms with van der Waals surface area (Å²) in [5.41, 5.74) is 1.34. The van der Waals surface area contributed by atoms with Gasteiger partial charge in [-0.05, 0) is 63.5 Å². The molecule has 112 valence electrons. The third-order valence-corrected chi connectivity index (χ3v) is 4.09. The molecule has 0 aliphatic heterocycles. The van der Waals surface area contributed by atoms with Crippen LogP contribution in [0.25, 0.3) is 0 Å². The van der Waals surface area contributed by atoms with Gasteiger partial charge in [0.2, 0.25) is 0 Å². The largest absolute Gasteiger partial charge is 0.314 e. The summed E-state index contributed by atoms with van der Waals surface area (Å²) < 4.78 is 0. The molecule has 2 rings (SSSR count). The van der Waals surface area contributed by atoms with Crippen LogP contribution in [-0.2, 0) is 6.54 Å². The minimum Gasteiger partial charge on any atom is -0.314 e. The van der Waals surface area contributed by atoms with Crippen molar-refractivity contribution in [2.75, 3.05) is 20.1 Å². The Morgan fingerprint density at radius 1 is 1.10 bits per heavy atom. The van der Waals surface area contributed by atoms with Gasteiger partial charge in [0.1, 0.15) is 0 Å². The summed E-state index contributed by atoms with van der Waals surface area (Å²) in [4.78, 5) is 2.39. The maximum absolute atomic E-state index is 5.90. The van der Waals surface area contributed by atoms with E-state index < -0.39 is 0 Å². The van der Waals surface area contributed by atoms with Gasteiger partial charge in [-0.25, -0.2) is 0 Å². The van der Waals surface area contributed by atoms with Gasteiger partial charge in [-0.2, -0.15) is 0 Å². The minimum absolute atomic E-state index is 0.816. The van der Waals surface area contributed by atoms with Gasteiger partial charge in [0.15, 0.2) is 0 Å². The molecular weight excluding hydrogens is 268 g/mol. The molecule has 1 aliphatic carbocycles. The maximum Gasteiger partial charge on any atom is 0.0406 e. The Bertz CT molecular complexity index is 373. The molecule has 1 aliphatic rings. The van der Waals surface area contributed by atoms with Crippen molar-refractivity contribution in [2.24, 2.45) is 0 Å². The zero-order chi connectivity index (χ0) is 14.2. The number of unbranched alkanes of at least 4 members (excludes halogenated alkanes) is 3. The van der Waals surface area contributed by atoms with Crippen LogP contribution in [0.4, 0.5) is 0 Å². The fraction of sp³-hybridized carbons (Fsp3) is 0.647. The van der Waals surface area contributed by atoms with Crippen LogP contribution >= 0.6 is 11.6 Å². The van der Waals surface area contributed by atoms with Crippen LogP contribution in [0.5, 0.6) is 0 Å². The van der Waals surface area contributed by atoms with Gasteiger partial charge >= 0.3 is 0 Å². The smallest absolute Gasteiger partial charge is 0.0406 e. The summed E-state index contributed by atoms with van der Waals surface area (Å²) in [5.74, 6) is 0. The van der Waals surface area contributed by atoms with E-state index in [1.54, 1.807) is 0 Å². The fourth-order valence-corrected chi connectivity index (χ4v) is 2.56. The summed E-state index contributed by atoms with van der Waals surface area (Å²) in [6, 6.07) is 9.03. The maximum atomic E-state index is 5.90. The Kier molecular flexibility index (Phi) is 6.85. The highest BCUT2D eigenvalue weighted by atomic mass is 35.5. The highest BCUT2D eigenvalue weighted by molar-refractivity contribution is 6.30. The number of benzene rings is 1. The normalized spacial score (nSPS) is 14.9. The van der Waals surface area contributed by atoms with Crippen LogP contribution in [0.1, 0.15) is 44.1 Å². The van der Waals surface area contributed by atoms with E-state index in [1.165, 1.54) is 57.2 Å². The van der Waals surface area contributed by atoms with Crippen LogP contribution in [0.15, 0.2) is 24.3 Å². The summed E-state index contributed by atoms with van der Waals surface area (Å²) in [6.45, 7) is 3.41. The number of hydrogen-bond acceptors (Lipinski definition) is 2. The molecule has 0 unspecified atom stereocenters. The minimum atomic E-state index is 0.816. The van der Waals surface area contributed by atoms with Crippen molar-refractivity contribution in [3.05, 3.63) is 34.9 Å². The topological polar surface area (TPSA) is 15.3 Å². The van der Waals surface area contributed by atoms with Gasteiger partial charge in [-0.3, -0.25) is 0 Å². The second-order valence-corrected chi connectivity index (χ2v) is 6.44.